The van der Waals surface area contributed by atoms with Crippen LogP contribution < -0.4 is 10.1 Å². The number of likely N-dealkylation sites (tertiary alicyclic amines) is 1. The largest absolute Gasteiger partial charge is 0.491 e. The Kier molecular flexibility index (Phi) is 6.79. The van der Waals surface area contributed by atoms with Crippen LogP contribution in [-0.2, 0) is 16.1 Å². The van der Waals surface area contributed by atoms with E-state index in [2.05, 4.69) is 15.5 Å². The van der Waals surface area contributed by atoms with E-state index in [1.165, 1.54) is 4.90 Å². The number of rotatable bonds is 6. The van der Waals surface area contributed by atoms with Crippen molar-refractivity contribution in [1.29, 1.82) is 0 Å². The van der Waals surface area contributed by atoms with Gasteiger partial charge < -0.3 is 19.0 Å². The van der Waals surface area contributed by atoms with Crippen LogP contribution in [0.15, 0.2) is 46.9 Å². The van der Waals surface area contributed by atoms with Gasteiger partial charge in [0.15, 0.2) is 0 Å². The molecule has 6 rings (SSSR count). The lowest BCUT2D eigenvalue weighted by Crippen LogP contribution is -2.52. The molecule has 2 atom stereocenters. The average molecular weight is 544 g/mol. The SMILES string of the molecule is Cc1nnc(-c2ccc(C(=O)N3CCCCC3COc3ccc4c(c3)CN(C3CCC(=O)NC3=O)C4=O)cc2)o1. The molecule has 2 fully saturated rings. The fourth-order valence-electron chi connectivity index (χ4n) is 5.61. The molecule has 11 heteroatoms. The number of imide groups is 1. The summed E-state index contributed by atoms with van der Waals surface area (Å²) in [6.07, 6.45) is 3.30. The standard InChI is InChI=1S/C29H29N5O6/c1-17-31-32-27(40-17)18-5-7-19(8-6-18)28(37)33-13-3-2-4-21(33)16-39-22-9-10-23-20(14-22)15-34(29(23)38)24-11-12-25(35)30-26(24)36/h5-10,14,21,24H,2-4,11-13,15-16H2,1H3,(H,30,35,36). The van der Waals surface area contributed by atoms with Gasteiger partial charge in [-0.05, 0) is 73.7 Å². The first-order valence-corrected chi connectivity index (χ1v) is 13.5. The monoisotopic (exact) mass is 543 g/mol. The number of ether oxygens (including phenoxy) is 1. The minimum atomic E-state index is -0.658. The third-order valence-electron chi connectivity index (χ3n) is 7.73. The van der Waals surface area contributed by atoms with Crippen molar-refractivity contribution in [2.45, 2.75) is 57.7 Å². The van der Waals surface area contributed by atoms with Crippen LogP contribution in [-0.4, -0.2) is 68.9 Å². The summed E-state index contributed by atoms with van der Waals surface area (Å²) < 4.78 is 11.6. The normalized spacial score (nSPS) is 20.9. The molecule has 11 nitrogen and oxygen atoms in total. The highest BCUT2D eigenvalue weighted by Gasteiger charge is 2.39. The van der Waals surface area contributed by atoms with E-state index in [9.17, 15) is 19.2 Å². The molecule has 40 heavy (non-hydrogen) atoms. The number of hydrogen-bond donors (Lipinski definition) is 1. The van der Waals surface area contributed by atoms with Crippen LogP contribution in [0.5, 0.6) is 5.75 Å². The second-order valence-electron chi connectivity index (χ2n) is 10.4. The lowest BCUT2D eigenvalue weighted by atomic mass is 10.0. The number of amides is 4. The van der Waals surface area contributed by atoms with E-state index < -0.39 is 11.9 Å². The molecule has 3 aromatic rings. The molecule has 0 bridgehead atoms. The fraction of sp³-hybridized carbons (Fsp3) is 0.379. The van der Waals surface area contributed by atoms with Crippen molar-refractivity contribution in [3.05, 3.63) is 65.0 Å². The predicted molar refractivity (Wildman–Crippen MR) is 141 cm³/mol. The Labute approximate surface area is 230 Å². The Morgan fingerprint density at radius 3 is 2.65 bits per heavy atom. The van der Waals surface area contributed by atoms with Gasteiger partial charge in [0.05, 0.1) is 6.04 Å². The first kappa shape index (κ1) is 25.7. The van der Waals surface area contributed by atoms with Crippen molar-refractivity contribution in [3.63, 3.8) is 0 Å². The summed E-state index contributed by atoms with van der Waals surface area (Å²) in [6, 6.07) is 11.7. The number of nitrogens with zero attached hydrogens (tertiary/aromatic N) is 4. The number of aryl methyl sites for hydroxylation is 1. The Morgan fingerprint density at radius 2 is 1.90 bits per heavy atom. The molecule has 0 aliphatic carbocycles. The smallest absolute Gasteiger partial charge is 0.255 e. The molecule has 0 radical (unpaired) electrons. The van der Waals surface area contributed by atoms with Crippen LogP contribution in [0.3, 0.4) is 0 Å². The van der Waals surface area contributed by atoms with Crippen molar-refractivity contribution in [3.8, 4) is 17.2 Å². The summed E-state index contributed by atoms with van der Waals surface area (Å²) in [5, 5.41) is 10.2. The van der Waals surface area contributed by atoms with E-state index in [1.54, 1.807) is 43.3 Å². The number of aromatic nitrogens is 2. The summed E-state index contributed by atoms with van der Waals surface area (Å²) in [5.74, 6) is 0.475. The number of piperidine rings is 2. The highest BCUT2D eigenvalue weighted by atomic mass is 16.5. The lowest BCUT2D eigenvalue weighted by Gasteiger charge is -2.35. The van der Waals surface area contributed by atoms with Crippen molar-refractivity contribution >= 4 is 23.6 Å². The van der Waals surface area contributed by atoms with Gasteiger partial charge in [0.25, 0.3) is 11.8 Å². The molecule has 2 saturated heterocycles. The van der Waals surface area contributed by atoms with Crippen LogP contribution >= 0.6 is 0 Å². The average Bonchev–Trinajstić information content (AvgIpc) is 3.54. The van der Waals surface area contributed by atoms with E-state index in [0.717, 1.165) is 30.4 Å². The fourth-order valence-corrected chi connectivity index (χ4v) is 5.61. The zero-order chi connectivity index (χ0) is 27.8. The van der Waals surface area contributed by atoms with Gasteiger partial charge in [0.2, 0.25) is 23.6 Å². The number of hydrogen-bond acceptors (Lipinski definition) is 8. The van der Waals surface area contributed by atoms with Crippen LogP contribution in [0.4, 0.5) is 0 Å². The second-order valence-corrected chi connectivity index (χ2v) is 10.4. The minimum Gasteiger partial charge on any atom is -0.491 e. The quantitative estimate of drug-likeness (QED) is 0.469. The Bertz CT molecular complexity index is 1480. The summed E-state index contributed by atoms with van der Waals surface area (Å²) in [7, 11) is 0. The van der Waals surface area contributed by atoms with Crippen LogP contribution in [0.1, 0.15) is 64.3 Å². The van der Waals surface area contributed by atoms with Gasteiger partial charge in [-0.1, -0.05) is 0 Å². The number of nitrogens with one attached hydrogen (secondary N) is 1. The zero-order valence-electron chi connectivity index (χ0n) is 22.1. The summed E-state index contributed by atoms with van der Waals surface area (Å²) in [6.45, 7) is 2.99. The van der Waals surface area contributed by atoms with E-state index in [1.807, 2.05) is 11.0 Å². The Balaban J connectivity index is 1.11. The maximum absolute atomic E-state index is 13.4. The molecule has 0 spiro atoms. The third-order valence-corrected chi connectivity index (χ3v) is 7.73. The van der Waals surface area contributed by atoms with E-state index in [0.29, 0.717) is 48.2 Å². The highest BCUT2D eigenvalue weighted by molar-refractivity contribution is 6.05. The number of carbonyl (C=O) groups is 4. The Hall–Kier alpha value is -4.54. The second kappa shape index (κ2) is 10.6. The van der Waals surface area contributed by atoms with Crippen molar-refractivity contribution in [2.75, 3.05) is 13.2 Å². The molecular formula is C29H29N5O6. The van der Waals surface area contributed by atoms with E-state index in [-0.39, 0.29) is 36.7 Å². The number of benzene rings is 2. The first-order valence-electron chi connectivity index (χ1n) is 13.5. The minimum absolute atomic E-state index is 0.0546. The maximum Gasteiger partial charge on any atom is 0.255 e. The number of carbonyl (C=O) groups excluding carboxylic acids is 4. The molecule has 3 aliphatic heterocycles. The van der Waals surface area contributed by atoms with Gasteiger partial charge in [0.1, 0.15) is 18.4 Å². The molecule has 206 valence electrons. The number of fused-ring (bicyclic) bond motifs is 1. The molecule has 3 aliphatic rings. The van der Waals surface area contributed by atoms with Crippen molar-refractivity contribution in [2.24, 2.45) is 0 Å². The summed E-state index contributed by atoms with van der Waals surface area (Å²) in [5.41, 5.74) is 2.64. The van der Waals surface area contributed by atoms with Gasteiger partial charge in [-0.15, -0.1) is 10.2 Å². The molecule has 1 aromatic heterocycles. The zero-order valence-corrected chi connectivity index (χ0v) is 22.1. The summed E-state index contributed by atoms with van der Waals surface area (Å²) in [4.78, 5) is 53.6. The molecule has 4 heterocycles. The molecule has 4 amide bonds. The van der Waals surface area contributed by atoms with Gasteiger partial charge in [0, 0.05) is 43.1 Å². The van der Waals surface area contributed by atoms with Crippen LogP contribution in [0.25, 0.3) is 11.5 Å². The third kappa shape index (κ3) is 4.94. The molecule has 2 aromatic carbocycles. The molecule has 2 unspecified atom stereocenters. The predicted octanol–water partition coefficient (Wildman–Crippen LogP) is 2.88. The van der Waals surface area contributed by atoms with Gasteiger partial charge in [-0.2, -0.15) is 0 Å². The van der Waals surface area contributed by atoms with Gasteiger partial charge in [-0.25, -0.2) is 0 Å². The maximum atomic E-state index is 13.4. The molecular weight excluding hydrogens is 514 g/mol. The van der Waals surface area contributed by atoms with Gasteiger partial charge >= 0.3 is 0 Å². The molecule has 1 N–H and O–H groups in total. The first-order chi connectivity index (χ1) is 19.4. The van der Waals surface area contributed by atoms with Crippen molar-refractivity contribution in [1.82, 2.24) is 25.3 Å². The molecule has 0 saturated carbocycles. The Morgan fingerprint density at radius 1 is 1.07 bits per heavy atom. The van der Waals surface area contributed by atoms with Crippen LogP contribution in [0, 0.1) is 6.92 Å². The topological polar surface area (TPSA) is 135 Å². The van der Waals surface area contributed by atoms with Gasteiger partial charge in [-0.3, -0.25) is 24.5 Å². The summed E-state index contributed by atoms with van der Waals surface area (Å²) >= 11 is 0. The highest BCUT2D eigenvalue weighted by Crippen LogP contribution is 2.31. The lowest BCUT2D eigenvalue weighted by molar-refractivity contribution is -0.136. The van der Waals surface area contributed by atoms with Crippen molar-refractivity contribution < 1.29 is 28.3 Å². The van der Waals surface area contributed by atoms with Crippen LogP contribution in [0.2, 0.25) is 0 Å². The van der Waals surface area contributed by atoms with E-state index in [4.69, 9.17) is 9.15 Å². The van der Waals surface area contributed by atoms with E-state index >= 15 is 0 Å².